The molecule has 0 spiro atoms. The van der Waals surface area contributed by atoms with Crippen molar-refractivity contribution in [2.24, 2.45) is 0 Å². The monoisotopic (exact) mass is 450 g/mol. The molecule has 0 amide bonds. The van der Waals surface area contributed by atoms with Crippen molar-refractivity contribution >= 4 is 17.6 Å². The summed E-state index contributed by atoms with van der Waals surface area (Å²) in [6, 6.07) is 3.48. The predicted octanol–water partition coefficient (Wildman–Crippen LogP) is 1.45. The van der Waals surface area contributed by atoms with Crippen LogP contribution >= 0.6 is 0 Å². The van der Waals surface area contributed by atoms with Gasteiger partial charge in [0.2, 0.25) is 0 Å². The van der Waals surface area contributed by atoms with Gasteiger partial charge in [0.1, 0.15) is 23.5 Å². The van der Waals surface area contributed by atoms with Crippen molar-refractivity contribution in [2.75, 3.05) is 36.0 Å². The fourth-order valence-corrected chi connectivity index (χ4v) is 4.36. The van der Waals surface area contributed by atoms with Gasteiger partial charge in [0.05, 0.1) is 11.7 Å². The number of nitrogens with one attached hydrogen (secondary N) is 1. The van der Waals surface area contributed by atoms with Crippen molar-refractivity contribution in [2.45, 2.75) is 25.4 Å². The van der Waals surface area contributed by atoms with Crippen LogP contribution in [-0.2, 0) is 11.2 Å². The van der Waals surface area contributed by atoms with Crippen LogP contribution in [0.2, 0.25) is 0 Å². The summed E-state index contributed by atoms with van der Waals surface area (Å²) in [4.78, 5) is 37.5. The Bertz CT molecular complexity index is 1180. The van der Waals surface area contributed by atoms with E-state index in [-0.39, 0.29) is 12.6 Å². The minimum atomic E-state index is -0.967. The average Bonchev–Trinajstić information content (AvgIpc) is 2.84. The molecule has 3 aromatic rings. The number of halogens is 1. The van der Waals surface area contributed by atoms with Gasteiger partial charge in [0.25, 0.3) is 0 Å². The van der Waals surface area contributed by atoms with Gasteiger partial charge in [0.15, 0.2) is 11.6 Å². The van der Waals surface area contributed by atoms with E-state index in [4.69, 9.17) is 0 Å². The van der Waals surface area contributed by atoms with Crippen LogP contribution in [0.5, 0.6) is 0 Å². The van der Waals surface area contributed by atoms with Gasteiger partial charge >= 0.3 is 5.97 Å². The lowest BCUT2D eigenvalue weighted by molar-refractivity contribution is -0.138. The summed E-state index contributed by atoms with van der Waals surface area (Å²) >= 11 is 0. The van der Waals surface area contributed by atoms with Gasteiger partial charge in [-0.25, -0.2) is 34.1 Å². The third-order valence-electron chi connectivity index (χ3n) is 6.05. The van der Waals surface area contributed by atoms with Crippen LogP contribution in [0.15, 0.2) is 36.8 Å². The maximum absolute atomic E-state index is 14.6. The predicted molar refractivity (Wildman–Crippen MR) is 118 cm³/mol. The number of nitrogens with zero attached hydrogens (tertiary/aromatic N) is 7. The number of fused-ring (bicyclic) bond motifs is 1. The van der Waals surface area contributed by atoms with E-state index in [1.54, 1.807) is 29.6 Å². The van der Waals surface area contributed by atoms with Gasteiger partial charge in [-0.3, -0.25) is 0 Å². The first kappa shape index (κ1) is 21.1. The highest BCUT2D eigenvalue weighted by Crippen LogP contribution is 2.33. The lowest BCUT2D eigenvalue weighted by atomic mass is 9.99. The highest BCUT2D eigenvalue weighted by atomic mass is 19.1. The number of hydrogen-bond acceptors (Lipinski definition) is 9. The molecule has 11 heteroatoms. The van der Waals surface area contributed by atoms with E-state index in [0.717, 1.165) is 11.3 Å². The number of rotatable bonds is 4. The largest absolute Gasteiger partial charge is 0.480 e. The van der Waals surface area contributed by atoms with Crippen LogP contribution in [0.1, 0.15) is 24.2 Å². The molecule has 3 aromatic heterocycles. The molecule has 2 atom stereocenters. The van der Waals surface area contributed by atoms with E-state index < -0.39 is 17.8 Å². The second-order valence-corrected chi connectivity index (χ2v) is 8.04. The minimum absolute atomic E-state index is 0.139. The molecule has 1 saturated heterocycles. The molecule has 2 unspecified atom stereocenters. The number of aromatic nitrogens is 5. The zero-order chi connectivity index (χ0) is 22.9. The third kappa shape index (κ3) is 4.07. The van der Waals surface area contributed by atoms with Crippen molar-refractivity contribution in [1.29, 1.82) is 0 Å². The Labute approximate surface area is 189 Å². The summed E-state index contributed by atoms with van der Waals surface area (Å²) in [5.41, 5.74) is 1.83. The fraction of sp³-hybridized carbons (Fsp3) is 0.364. The molecular formula is C22H23FN8O2. The summed E-state index contributed by atoms with van der Waals surface area (Å²) in [5, 5.41) is 12.6. The Hall–Kier alpha value is -3.73. The van der Waals surface area contributed by atoms with Gasteiger partial charge in [-0.2, -0.15) is 0 Å². The number of aliphatic carboxylic acids is 1. The first-order chi connectivity index (χ1) is 16.0. The molecule has 2 aliphatic heterocycles. The second kappa shape index (κ2) is 8.66. The maximum atomic E-state index is 14.6. The zero-order valence-corrected chi connectivity index (χ0v) is 18.0. The van der Waals surface area contributed by atoms with Gasteiger partial charge in [0, 0.05) is 68.9 Å². The normalized spacial score (nSPS) is 20.4. The van der Waals surface area contributed by atoms with Crippen molar-refractivity contribution in [3.63, 3.8) is 0 Å². The van der Waals surface area contributed by atoms with Gasteiger partial charge in [-0.05, 0) is 13.0 Å². The highest BCUT2D eigenvalue weighted by molar-refractivity contribution is 5.78. The Morgan fingerprint density at radius 1 is 1.09 bits per heavy atom. The van der Waals surface area contributed by atoms with Crippen LogP contribution in [0.3, 0.4) is 0 Å². The summed E-state index contributed by atoms with van der Waals surface area (Å²) in [6.45, 7) is 3.90. The third-order valence-corrected chi connectivity index (χ3v) is 6.05. The lowest BCUT2D eigenvalue weighted by Crippen LogP contribution is -2.55. The SMILES string of the molecule is CC1c2cnc(-c3ncccn3)nc2CCN1c1cc(F)cc(N2CCNCC2C(=O)O)n1. The smallest absolute Gasteiger partial charge is 0.327 e. The van der Waals surface area contributed by atoms with Crippen LogP contribution in [-0.4, -0.2) is 68.2 Å². The number of carboxylic acids is 1. The van der Waals surface area contributed by atoms with E-state index in [1.165, 1.54) is 12.1 Å². The van der Waals surface area contributed by atoms with E-state index in [0.29, 0.717) is 49.3 Å². The number of carboxylic acid groups (broad SMARTS) is 1. The van der Waals surface area contributed by atoms with E-state index in [1.807, 2.05) is 11.8 Å². The number of pyridine rings is 1. The van der Waals surface area contributed by atoms with Crippen molar-refractivity contribution in [3.8, 4) is 11.6 Å². The quantitative estimate of drug-likeness (QED) is 0.604. The molecule has 2 N–H and O–H groups in total. The molecule has 0 aliphatic carbocycles. The summed E-state index contributed by atoms with van der Waals surface area (Å²) in [7, 11) is 0. The second-order valence-electron chi connectivity index (χ2n) is 8.04. The molecule has 0 radical (unpaired) electrons. The molecule has 5 heterocycles. The number of anilines is 2. The van der Waals surface area contributed by atoms with Crippen LogP contribution < -0.4 is 15.1 Å². The Balaban J connectivity index is 1.45. The standard InChI is InChI=1S/C22H23FN8O2/c1-13-15-11-27-21(20-25-4-2-5-26-20)28-16(15)3-7-30(13)18-9-14(23)10-19(29-18)31-8-6-24-12-17(31)22(32)33/h2,4-5,9-11,13,17,24H,3,6-8,12H2,1H3,(H,32,33). The molecule has 2 aliphatic rings. The lowest BCUT2D eigenvalue weighted by Gasteiger charge is -2.37. The van der Waals surface area contributed by atoms with E-state index in [2.05, 4.69) is 30.2 Å². The van der Waals surface area contributed by atoms with Crippen molar-refractivity contribution in [3.05, 3.63) is 53.9 Å². The van der Waals surface area contributed by atoms with Crippen LogP contribution in [0.4, 0.5) is 16.0 Å². The molecule has 0 bridgehead atoms. The summed E-state index contributed by atoms with van der Waals surface area (Å²) < 4.78 is 14.6. The molecule has 0 saturated carbocycles. The van der Waals surface area contributed by atoms with Gasteiger partial charge in [-0.1, -0.05) is 0 Å². The number of piperazine rings is 1. The van der Waals surface area contributed by atoms with Crippen LogP contribution in [0, 0.1) is 5.82 Å². The maximum Gasteiger partial charge on any atom is 0.327 e. The first-order valence-corrected chi connectivity index (χ1v) is 10.8. The molecule has 33 heavy (non-hydrogen) atoms. The fourth-order valence-electron chi connectivity index (χ4n) is 4.36. The van der Waals surface area contributed by atoms with E-state index in [9.17, 15) is 14.3 Å². The molecule has 0 aromatic carbocycles. The van der Waals surface area contributed by atoms with Gasteiger partial charge < -0.3 is 20.2 Å². The molecule has 10 nitrogen and oxygen atoms in total. The molecule has 1 fully saturated rings. The van der Waals surface area contributed by atoms with Crippen LogP contribution in [0.25, 0.3) is 11.6 Å². The van der Waals surface area contributed by atoms with Crippen molar-refractivity contribution < 1.29 is 14.3 Å². The van der Waals surface area contributed by atoms with Gasteiger partial charge in [-0.15, -0.1) is 0 Å². The van der Waals surface area contributed by atoms with Crippen molar-refractivity contribution in [1.82, 2.24) is 30.2 Å². The zero-order valence-electron chi connectivity index (χ0n) is 18.0. The number of hydrogen-bond donors (Lipinski definition) is 2. The topological polar surface area (TPSA) is 120 Å². The summed E-state index contributed by atoms with van der Waals surface area (Å²) in [6.07, 6.45) is 5.69. The first-order valence-electron chi connectivity index (χ1n) is 10.8. The molecule has 170 valence electrons. The summed E-state index contributed by atoms with van der Waals surface area (Å²) in [5.74, 6) is 0.301. The average molecular weight is 450 g/mol. The Morgan fingerprint density at radius 3 is 2.61 bits per heavy atom. The number of carbonyl (C=O) groups is 1. The minimum Gasteiger partial charge on any atom is -0.480 e. The Kier molecular flexibility index (Phi) is 5.55. The molecule has 5 rings (SSSR count). The Morgan fingerprint density at radius 2 is 1.85 bits per heavy atom. The highest BCUT2D eigenvalue weighted by Gasteiger charge is 2.32. The van der Waals surface area contributed by atoms with E-state index >= 15 is 0 Å². The molecular weight excluding hydrogens is 427 g/mol.